The Bertz CT molecular complexity index is 614. The minimum atomic E-state index is -0.221. The highest BCUT2D eigenvalue weighted by atomic mass is 35.5. The number of rotatable bonds is 5. The van der Waals surface area contributed by atoms with Gasteiger partial charge in [-0.05, 0) is 19.1 Å². The van der Waals surface area contributed by atoms with E-state index in [0.717, 1.165) is 0 Å². The first-order chi connectivity index (χ1) is 9.65. The Hall–Kier alpha value is -2.14. The van der Waals surface area contributed by atoms with E-state index in [1.807, 2.05) is 6.92 Å². The minimum absolute atomic E-state index is 0.221. The van der Waals surface area contributed by atoms with Crippen LogP contribution in [0.25, 0.3) is 0 Å². The molecule has 0 aliphatic carbocycles. The third-order valence-electron chi connectivity index (χ3n) is 2.63. The van der Waals surface area contributed by atoms with Crippen LogP contribution in [0.2, 0.25) is 5.02 Å². The van der Waals surface area contributed by atoms with Crippen molar-refractivity contribution in [3.63, 3.8) is 0 Å². The van der Waals surface area contributed by atoms with Gasteiger partial charge in [0, 0.05) is 31.1 Å². The number of pyridine rings is 2. The first-order valence-corrected chi connectivity index (χ1v) is 6.50. The molecule has 5 nitrogen and oxygen atoms in total. The second-order valence-electron chi connectivity index (χ2n) is 3.95. The summed E-state index contributed by atoms with van der Waals surface area (Å²) >= 11 is 5.86. The average molecular weight is 292 g/mol. The van der Waals surface area contributed by atoms with Gasteiger partial charge in [-0.3, -0.25) is 4.79 Å². The highest BCUT2D eigenvalue weighted by molar-refractivity contribution is 6.31. The molecule has 2 heterocycles. The van der Waals surface area contributed by atoms with Gasteiger partial charge in [-0.1, -0.05) is 11.6 Å². The summed E-state index contributed by atoms with van der Waals surface area (Å²) in [5, 5.41) is 3.37. The van der Waals surface area contributed by atoms with Crippen molar-refractivity contribution < 1.29 is 9.53 Å². The van der Waals surface area contributed by atoms with Crippen molar-refractivity contribution in [2.24, 2.45) is 0 Å². The van der Waals surface area contributed by atoms with Gasteiger partial charge in [-0.2, -0.15) is 0 Å². The molecule has 0 amide bonds. The monoisotopic (exact) mass is 291 g/mol. The van der Waals surface area contributed by atoms with Crippen LogP contribution in [0.3, 0.4) is 0 Å². The van der Waals surface area contributed by atoms with E-state index in [2.05, 4.69) is 15.3 Å². The van der Waals surface area contributed by atoms with E-state index in [-0.39, 0.29) is 5.78 Å². The Morgan fingerprint density at radius 2 is 2.15 bits per heavy atom. The third kappa shape index (κ3) is 3.05. The number of carbonyl (C=O) groups excluding carboxylic acids is 1. The SMILES string of the molecule is CCOc1ccc(C(=O)c2ncc(Cl)cc2NC)cn1. The van der Waals surface area contributed by atoms with E-state index in [0.29, 0.717) is 34.5 Å². The Labute approximate surface area is 122 Å². The van der Waals surface area contributed by atoms with Crippen LogP contribution in [0, 0.1) is 0 Å². The molecule has 2 aromatic heterocycles. The van der Waals surface area contributed by atoms with Gasteiger partial charge in [0.1, 0.15) is 5.69 Å². The van der Waals surface area contributed by atoms with Gasteiger partial charge >= 0.3 is 0 Å². The molecule has 0 aliphatic rings. The predicted molar refractivity (Wildman–Crippen MR) is 77.6 cm³/mol. The van der Waals surface area contributed by atoms with Crippen molar-refractivity contribution >= 4 is 23.1 Å². The molecule has 2 rings (SSSR count). The summed E-state index contributed by atoms with van der Waals surface area (Å²) in [7, 11) is 1.71. The van der Waals surface area contributed by atoms with Crippen LogP contribution in [0.4, 0.5) is 5.69 Å². The first kappa shape index (κ1) is 14.3. The molecule has 0 fully saturated rings. The highest BCUT2D eigenvalue weighted by Crippen LogP contribution is 2.21. The molecule has 20 heavy (non-hydrogen) atoms. The fraction of sp³-hybridized carbons (Fsp3) is 0.214. The van der Waals surface area contributed by atoms with Crippen LogP contribution < -0.4 is 10.1 Å². The Kier molecular flexibility index (Phi) is 4.53. The summed E-state index contributed by atoms with van der Waals surface area (Å²) < 4.78 is 5.24. The van der Waals surface area contributed by atoms with Crippen LogP contribution in [0.15, 0.2) is 30.6 Å². The van der Waals surface area contributed by atoms with Crippen molar-refractivity contribution in [3.05, 3.63) is 46.9 Å². The molecule has 0 aliphatic heterocycles. The second-order valence-corrected chi connectivity index (χ2v) is 4.38. The summed E-state index contributed by atoms with van der Waals surface area (Å²) in [5.41, 5.74) is 1.33. The lowest BCUT2D eigenvalue weighted by Gasteiger charge is -2.08. The molecule has 6 heteroatoms. The van der Waals surface area contributed by atoms with Gasteiger partial charge in [0.25, 0.3) is 0 Å². The Morgan fingerprint density at radius 3 is 2.75 bits per heavy atom. The number of anilines is 1. The topological polar surface area (TPSA) is 64.1 Å². The molecule has 104 valence electrons. The summed E-state index contributed by atoms with van der Waals surface area (Å²) in [5.74, 6) is 0.267. The lowest BCUT2D eigenvalue weighted by atomic mass is 10.1. The standard InChI is InChI=1S/C14H14ClN3O2/c1-3-20-12-5-4-9(7-17-12)14(19)13-11(16-2)6-10(15)8-18-13/h4-8,16H,3H2,1-2H3. The van der Waals surface area contributed by atoms with E-state index in [9.17, 15) is 4.79 Å². The molecule has 2 aromatic rings. The molecule has 0 spiro atoms. The quantitative estimate of drug-likeness (QED) is 0.858. The number of ketones is 1. The molecule has 0 aromatic carbocycles. The van der Waals surface area contributed by atoms with Gasteiger partial charge in [-0.15, -0.1) is 0 Å². The molecule has 0 atom stereocenters. The smallest absolute Gasteiger partial charge is 0.215 e. The number of hydrogen-bond donors (Lipinski definition) is 1. The van der Waals surface area contributed by atoms with E-state index in [4.69, 9.17) is 16.3 Å². The second kappa shape index (κ2) is 6.34. The lowest BCUT2D eigenvalue weighted by molar-refractivity contribution is 0.103. The van der Waals surface area contributed by atoms with Gasteiger partial charge < -0.3 is 10.1 Å². The minimum Gasteiger partial charge on any atom is -0.478 e. The van der Waals surface area contributed by atoms with E-state index < -0.39 is 0 Å². The van der Waals surface area contributed by atoms with Crippen molar-refractivity contribution in [1.82, 2.24) is 9.97 Å². The van der Waals surface area contributed by atoms with Crippen molar-refractivity contribution in [1.29, 1.82) is 0 Å². The number of aromatic nitrogens is 2. The normalized spacial score (nSPS) is 10.2. The van der Waals surface area contributed by atoms with Crippen molar-refractivity contribution in [3.8, 4) is 5.88 Å². The number of carbonyl (C=O) groups is 1. The van der Waals surface area contributed by atoms with Crippen LogP contribution >= 0.6 is 11.6 Å². The summed E-state index contributed by atoms with van der Waals surface area (Å²) in [6.45, 7) is 2.40. The molecular formula is C14H14ClN3O2. The zero-order valence-corrected chi connectivity index (χ0v) is 11.9. The van der Waals surface area contributed by atoms with Gasteiger partial charge in [-0.25, -0.2) is 9.97 Å². The summed E-state index contributed by atoms with van der Waals surface area (Å²) in [6.07, 6.45) is 2.92. The maximum absolute atomic E-state index is 12.4. The van der Waals surface area contributed by atoms with Crippen molar-refractivity contribution in [2.75, 3.05) is 19.0 Å². The fourth-order valence-electron chi connectivity index (χ4n) is 1.70. The number of nitrogens with zero attached hydrogens (tertiary/aromatic N) is 2. The largest absolute Gasteiger partial charge is 0.478 e. The zero-order chi connectivity index (χ0) is 14.5. The number of hydrogen-bond acceptors (Lipinski definition) is 5. The summed E-state index contributed by atoms with van der Waals surface area (Å²) in [6, 6.07) is 4.98. The molecule has 0 bridgehead atoms. The Balaban J connectivity index is 2.31. The highest BCUT2D eigenvalue weighted by Gasteiger charge is 2.15. The van der Waals surface area contributed by atoms with Crippen LogP contribution in [0.5, 0.6) is 5.88 Å². The summed E-state index contributed by atoms with van der Waals surface area (Å²) in [4.78, 5) is 20.5. The lowest BCUT2D eigenvalue weighted by Crippen LogP contribution is -2.08. The van der Waals surface area contributed by atoms with Gasteiger partial charge in [0.05, 0.1) is 17.3 Å². The maximum Gasteiger partial charge on any atom is 0.215 e. The Morgan fingerprint density at radius 1 is 1.35 bits per heavy atom. The number of halogens is 1. The molecule has 1 N–H and O–H groups in total. The van der Waals surface area contributed by atoms with Crippen molar-refractivity contribution in [2.45, 2.75) is 6.92 Å². The first-order valence-electron chi connectivity index (χ1n) is 6.12. The van der Waals surface area contributed by atoms with E-state index in [1.54, 1.807) is 25.2 Å². The number of ether oxygens (including phenoxy) is 1. The van der Waals surface area contributed by atoms with E-state index >= 15 is 0 Å². The van der Waals surface area contributed by atoms with Crippen LogP contribution in [-0.4, -0.2) is 29.4 Å². The molecular weight excluding hydrogens is 278 g/mol. The maximum atomic E-state index is 12.4. The zero-order valence-electron chi connectivity index (χ0n) is 11.2. The third-order valence-corrected chi connectivity index (χ3v) is 2.84. The predicted octanol–water partition coefficient (Wildman–Crippen LogP) is 2.80. The average Bonchev–Trinajstić information content (AvgIpc) is 2.47. The van der Waals surface area contributed by atoms with Gasteiger partial charge in [0.2, 0.25) is 11.7 Å². The molecule has 0 saturated carbocycles. The van der Waals surface area contributed by atoms with Gasteiger partial charge in [0.15, 0.2) is 0 Å². The molecule has 0 saturated heterocycles. The van der Waals surface area contributed by atoms with Crippen LogP contribution in [0.1, 0.15) is 23.0 Å². The van der Waals surface area contributed by atoms with Crippen LogP contribution in [-0.2, 0) is 0 Å². The molecule has 0 unspecified atom stereocenters. The number of nitrogens with one attached hydrogen (secondary N) is 1. The molecule has 0 radical (unpaired) electrons. The fourth-order valence-corrected chi connectivity index (χ4v) is 1.85. The van der Waals surface area contributed by atoms with E-state index in [1.165, 1.54) is 12.4 Å².